The molecule has 30 heavy (non-hydrogen) atoms. The van der Waals surface area contributed by atoms with Crippen molar-refractivity contribution in [3.05, 3.63) is 23.2 Å². The lowest BCUT2D eigenvalue weighted by molar-refractivity contribution is -0.149. The number of hydrogen-bond donors (Lipinski definition) is 4. The van der Waals surface area contributed by atoms with Gasteiger partial charge in [0.15, 0.2) is 5.76 Å². The van der Waals surface area contributed by atoms with Crippen molar-refractivity contribution >= 4 is 5.78 Å². The Morgan fingerprint density at radius 1 is 1.13 bits per heavy atom. The molecule has 2 aliphatic carbocycles. The molecule has 8 atom stereocenters. The van der Waals surface area contributed by atoms with Gasteiger partial charge in [-0.25, -0.2) is 0 Å². The first-order chi connectivity index (χ1) is 14.2. The Bertz CT molecular complexity index is 656. The first-order valence-corrected chi connectivity index (χ1v) is 10.5. The van der Waals surface area contributed by atoms with Gasteiger partial charge in [0.05, 0.1) is 33.0 Å². The molecule has 2 aliphatic rings. The summed E-state index contributed by atoms with van der Waals surface area (Å²) in [5, 5.41) is 40.6. The van der Waals surface area contributed by atoms with Gasteiger partial charge < -0.3 is 34.6 Å². The second-order valence-electron chi connectivity index (χ2n) is 8.52. The molecule has 0 heterocycles. The molecule has 0 aromatic rings. The summed E-state index contributed by atoms with van der Waals surface area (Å²) in [4.78, 5) is 12.5. The smallest absolute Gasteiger partial charge is 0.204 e. The maximum Gasteiger partial charge on any atom is 0.204 e. The lowest BCUT2D eigenvalue weighted by Crippen LogP contribution is -2.51. The van der Waals surface area contributed by atoms with Crippen LogP contribution in [-0.2, 0) is 19.0 Å². The number of aliphatic hydroxyl groups is 4. The van der Waals surface area contributed by atoms with Crippen LogP contribution in [0, 0.1) is 23.7 Å². The normalized spacial score (nSPS) is 38.0. The molecule has 0 radical (unpaired) electrons. The molecule has 172 valence electrons. The Labute approximate surface area is 178 Å². The van der Waals surface area contributed by atoms with E-state index in [0.717, 1.165) is 5.57 Å². The Morgan fingerprint density at radius 3 is 2.37 bits per heavy atom. The van der Waals surface area contributed by atoms with E-state index in [1.54, 1.807) is 6.92 Å². The van der Waals surface area contributed by atoms with Crippen LogP contribution in [-0.4, -0.2) is 78.1 Å². The van der Waals surface area contributed by atoms with Gasteiger partial charge >= 0.3 is 0 Å². The topological polar surface area (TPSA) is 126 Å². The van der Waals surface area contributed by atoms with Crippen molar-refractivity contribution in [2.24, 2.45) is 23.7 Å². The second-order valence-corrected chi connectivity index (χ2v) is 8.52. The number of hydrogen-bond acceptors (Lipinski definition) is 8. The van der Waals surface area contributed by atoms with Gasteiger partial charge in [-0.05, 0) is 31.6 Å². The maximum atomic E-state index is 12.5. The molecular weight excluding hydrogens is 392 g/mol. The number of ether oxygens (including phenoxy) is 3. The first kappa shape index (κ1) is 24.8. The van der Waals surface area contributed by atoms with Crippen LogP contribution in [0.25, 0.3) is 0 Å². The highest BCUT2D eigenvalue weighted by Crippen LogP contribution is 2.35. The van der Waals surface area contributed by atoms with Gasteiger partial charge in [0.2, 0.25) is 11.5 Å². The number of aliphatic hydroxyl groups excluding tert-OH is 4. The molecule has 1 saturated carbocycles. The van der Waals surface area contributed by atoms with Gasteiger partial charge in [-0.3, -0.25) is 4.79 Å². The number of allylic oxidation sites excluding steroid dienone is 2. The van der Waals surface area contributed by atoms with Gasteiger partial charge in [-0.15, -0.1) is 0 Å². The number of carbonyl (C=O) groups excluding carboxylic acids is 1. The van der Waals surface area contributed by atoms with Crippen LogP contribution >= 0.6 is 0 Å². The van der Waals surface area contributed by atoms with Crippen molar-refractivity contribution in [3.8, 4) is 0 Å². The van der Waals surface area contributed by atoms with E-state index in [1.165, 1.54) is 14.2 Å². The fraction of sp³-hybridized carbons (Fsp3) is 0.773. The predicted molar refractivity (Wildman–Crippen MR) is 109 cm³/mol. The Kier molecular flexibility index (Phi) is 8.87. The molecule has 0 aromatic heterocycles. The molecule has 0 aliphatic heterocycles. The fourth-order valence-corrected chi connectivity index (χ4v) is 4.38. The van der Waals surface area contributed by atoms with Crippen molar-refractivity contribution in [1.82, 2.24) is 0 Å². The van der Waals surface area contributed by atoms with Crippen molar-refractivity contribution in [1.29, 1.82) is 0 Å². The summed E-state index contributed by atoms with van der Waals surface area (Å²) >= 11 is 0. The van der Waals surface area contributed by atoms with E-state index >= 15 is 0 Å². The molecule has 0 saturated heterocycles. The Hall–Kier alpha value is -1.45. The predicted octanol–water partition coefficient (Wildman–Crippen LogP) is 0.778. The van der Waals surface area contributed by atoms with E-state index in [0.29, 0.717) is 12.8 Å². The van der Waals surface area contributed by atoms with Gasteiger partial charge in [-0.1, -0.05) is 25.5 Å². The number of carbonyl (C=O) groups is 1. The molecule has 0 amide bonds. The van der Waals surface area contributed by atoms with Crippen LogP contribution in [0.5, 0.6) is 0 Å². The molecule has 0 spiro atoms. The van der Waals surface area contributed by atoms with Crippen LogP contribution in [0.15, 0.2) is 23.2 Å². The van der Waals surface area contributed by atoms with E-state index in [9.17, 15) is 25.2 Å². The lowest BCUT2D eigenvalue weighted by Gasteiger charge is -2.40. The van der Waals surface area contributed by atoms with Gasteiger partial charge in [0.25, 0.3) is 0 Å². The fourth-order valence-electron chi connectivity index (χ4n) is 4.38. The van der Waals surface area contributed by atoms with Crippen LogP contribution in [0.2, 0.25) is 0 Å². The monoisotopic (exact) mass is 428 g/mol. The number of ketones is 1. The number of Topliss-reactive ketones (excluding diaryl/α,β-unsaturated/α-hetero) is 1. The third kappa shape index (κ3) is 5.06. The zero-order valence-electron chi connectivity index (χ0n) is 18.4. The van der Waals surface area contributed by atoms with E-state index in [-0.39, 0.29) is 48.3 Å². The molecule has 5 unspecified atom stereocenters. The van der Waals surface area contributed by atoms with Crippen molar-refractivity contribution in [2.75, 3.05) is 27.4 Å². The van der Waals surface area contributed by atoms with Crippen LogP contribution in [0.3, 0.4) is 0 Å². The highest BCUT2D eigenvalue weighted by atomic mass is 16.5. The average molecular weight is 429 g/mol. The second kappa shape index (κ2) is 10.7. The minimum atomic E-state index is -1.00. The van der Waals surface area contributed by atoms with Crippen LogP contribution in [0.1, 0.15) is 33.6 Å². The summed E-state index contributed by atoms with van der Waals surface area (Å²) < 4.78 is 16.2. The number of rotatable bonds is 8. The van der Waals surface area contributed by atoms with E-state index in [1.807, 2.05) is 19.9 Å². The van der Waals surface area contributed by atoms with Crippen molar-refractivity contribution < 1.29 is 39.4 Å². The Balaban J connectivity index is 2.00. The molecule has 4 N–H and O–H groups in total. The van der Waals surface area contributed by atoms with Crippen LogP contribution < -0.4 is 0 Å². The third-order valence-electron chi connectivity index (χ3n) is 6.65. The SMILES string of the molecule is COC1=C(OC)C(O)C(C/C=C(\C)CO[C@H]2CC(CO)[C@H](C)C(O)[C@H]2O)C(C)C1=O. The van der Waals surface area contributed by atoms with Crippen molar-refractivity contribution in [3.63, 3.8) is 0 Å². The standard InChI is InChI=1S/C22H36O8/c1-11(10-30-16-8-14(9-23)12(2)17(24)20(16)27)6-7-15-13(3)18(25)21(28-4)22(29-5)19(15)26/h6,12-17,19-20,23-24,26-27H,7-10H2,1-5H3/b11-6+/t12-,13?,14?,15?,16-,17?,19?,20-/m0/s1. The van der Waals surface area contributed by atoms with E-state index in [2.05, 4.69) is 0 Å². The minimum absolute atomic E-state index is 0.0651. The minimum Gasteiger partial charge on any atom is -0.494 e. The first-order valence-electron chi connectivity index (χ1n) is 10.5. The maximum absolute atomic E-state index is 12.5. The molecule has 0 bridgehead atoms. The Morgan fingerprint density at radius 2 is 1.80 bits per heavy atom. The van der Waals surface area contributed by atoms with Crippen molar-refractivity contribution in [2.45, 2.75) is 58.0 Å². The summed E-state index contributed by atoms with van der Waals surface area (Å²) in [5.74, 6) is -1.10. The summed E-state index contributed by atoms with van der Waals surface area (Å²) in [5.41, 5.74) is 0.878. The zero-order valence-corrected chi connectivity index (χ0v) is 18.4. The average Bonchev–Trinajstić information content (AvgIpc) is 2.73. The highest BCUT2D eigenvalue weighted by molar-refractivity contribution is 5.97. The summed E-state index contributed by atoms with van der Waals surface area (Å²) in [6.07, 6.45) is -0.647. The molecule has 0 aromatic carbocycles. The van der Waals surface area contributed by atoms with E-state index in [4.69, 9.17) is 14.2 Å². The van der Waals surface area contributed by atoms with Gasteiger partial charge in [0.1, 0.15) is 12.2 Å². The summed E-state index contributed by atoms with van der Waals surface area (Å²) in [7, 11) is 2.78. The molecule has 2 rings (SSSR count). The zero-order chi connectivity index (χ0) is 22.6. The number of methoxy groups -OCH3 is 2. The largest absolute Gasteiger partial charge is 0.494 e. The molecule has 8 nitrogen and oxygen atoms in total. The van der Waals surface area contributed by atoms with Crippen LogP contribution in [0.4, 0.5) is 0 Å². The summed E-state index contributed by atoms with van der Waals surface area (Å²) in [6.45, 7) is 5.61. The van der Waals surface area contributed by atoms with Gasteiger partial charge in [0, 0.05) is 18.4 Å². The highest BCUT2D eigenvalue weighted by Gasteiger charge is 2.43. The molecular formula is C22H36O8. The van der Waals surface area contributed by atoms with Gasteiger partial charge in [-0.2, -0.15) is 0 Å². The van der Waals surface area contributed by atoms with E-state index < -0.39 is 30.3 Å². The quantitative estimate of drug-likeness (QED) is 0.418. The lowest BCUT2D eigenvalue weighted by atomic mass is 9.75. The molecule has 1 fully saturated rings. The molecule has 8 heteroatoms. The third-order valence-corrected chi connectivity index (χ3v) is 6.65. The summed E-state index contributed by atoms with van der Waals surface area (Å²) in [6, 6.07) is 0.